The summed E-state index contributed by atoms with van der Waals surface area (Å²) in [5.74, 6) is 0.434. The van der Waals surface area contributed by atoms with Crippen molar-refractivity contribution >= 4 is 55.2 Å². The van der Waals surface area contributed by atoms with Gasteiger partial charge in [-0.25, -0.2) is 18.1 Å². The molecule has 0 saturated carbocycles. The van der Waals surface area contributed by atoms with Gasteiger partial charge in [-0.05, 0) is 17.5 Å². The highest BCUT2D eigenvalue weighted by Gasteiger charge is 2.22. The zero-order chi connectivity index (χ0) is 19.0. The molecule has 0 saturated heterocycles. The van der Waals surface area contributed by atoms with Crippen molar-refractivity contribution in [3.05, 3.63) is 46.8 Å². The lowest BCUT2D eigenvalue weighted by molar-refractivity contribution is 0.586. The minimum atomic E-state index is -3.53. The molecule has 3 heterocycles. The van der Waals surface area contributed by atoms with Crippen LogP contribution in [-0.2, 0) is 15.9 Å². The number of para-hydroxylation sites is 1. The first-order valence-corrected chi connectivity index (χ1v) is 11.9. The van der Waals surface area contributed by atoms with Crippen LogP contribution in [0.5, 0.6) is 0 Å². The molecule has 5 nitrogen and oxygen atoms in total. The number of thiophene rings is 1. The Hall–Kier alpha value is -1.71. The standard InChI is InChI=1S/C18H16ClN3O2S3/c1-2-21-27(23,24)18-14(6-7-25-18)13-5-3-4-11-8-15(22-16(11)13)17-20-10-12(9-19)26-17/h3-8,10,21-22H,2,9H2,1H3. The molecule has 0 atom stereocenters. The number of hydrogen-bond acceptors (Lipinski definition) is 5. The Kier molecular flexibility index (Phi) is 5.09. The smallest absolute Gasteiger partial charge is 0.250 e. The van der Waals surface area contributed by atoms with Crippen LogP contribution in [0, 0.1) is 0 Å². The van der Waals surface area contributed by atoms with Gasteiger partial charge in [0.15, 0.2) is 0 Å². The minimum Gasteiger partial charge on any atom is -0.352 e. The summed E-state index contributed by atoms with van der Waals surface area (Å²) < 4.78 is 28.0. The summed E-state index contributed by atoms with van der Waals surface area (Å²) in [6.07, 6.45) is 1.78. The predicted molar refractivity (Wildman–Crippen MR) is 113 cm³/mol. The van der Waals surface area contributed by atoms with E-state index in [0.29, 0.717) is 22.2 Å². The second-order valence-corrected chi connectivity index (χ2v) is 10.1. The number of aromatic amines is 1. The Balaban J connectivity index is 1.86. The van der Waals surface area contributed by atoms with Gasteiger partial charge in [-0.2, -0.15) is 0 Å². The van der Waals surface area contributed by atoms with Crippen LogP contribution in [0.15, 0.2) is 46.1 Å². The molecule has 0 radical (unpaired) electrons. The van der Waals surface area contributed by atoms with Crippen LogP contribution in [0.1, 0.15) is 11.8 Å². The molecule has 4 rings (SSSR count). The van der Waals surface area contributed by atoms with Gasteiger partial charge in [-0.1, -0.05) is 25.1 Å². The number of benzene rings is 1. The molecule has 0 bridgehead atoms. The van der Waals surface area contributed by atoms with Gasteiger partial charge in [0, 0.05) is 34.1 Å². The molecule has 1 aromatic carbocycles. The van der Waals surface area contributed by atoms with E-state index in [0.717, 1.165) is 32.0 Å². The van der Waals surface area contributed by atoms with Gasteiger partial charge in [0.1, 0.15) is 9.22 Å². The topological polar surface area (TPSA) is 74.8 Å². The molecule has 0 unspecified atom stereocenters. The van der Waals surface area contributed by atoms with Gasteiger partial charge >= 0.3 is 0 Å². The molecule has 4 aromatic rings. The lowest BCUT2D eigenvalue weighted by atomic mass is 10.1. The summed E-state index contributed by atoms with van der Waals surface area (Å²) in [4.78, 5) is 8.84. The van der Waals surface area contributed by atoms with Crippen molar-refractivity contribution in [2.45, 2.75) is 17.0 Å². The Bertz CT molecular complexity index is 1210. The third kappa shape index (κ3) is 3.43. The van der Waals surface area contributed by atoms with Crippen LogP contribution in [0.4, 0.5) is 0 Å². The minimum absolute atomic E-state index is 0.326. The predicted octanol–water partition coefficient (Wildman–Crippen LogP) is 5.06. The number of hydrogen-bond donors (Lipinski definition) is 2. The number of fused-ring (bicyclic) bond motifs is 1. The molecular formula is C18H16ClN3O2S3. The fraction of sp³-hybridized carbons (Fsp3) is 0.167. The summed E-state index contributed by atoms with van der Waals surface area (Å²) in [7, 11) is -3.53. The van der Waals surface area contributed by atoms with Crippen LogP contribution >= 0.6 is 34.3 Å². The SMILES string of the molecule is CCNS(=O)(=O)c1sccc1-c1cccc2cc(-c3ncc(CCl)s3)[nH]c12. The van der Waals surface area contributed by atoms with Gasteiger partial charge < -0.3 is 4.98 Å². The highest BCUT2D eigenvalue weighted by Crippen LogP contribution is 2.38. The number of nitrogens with zero attached hydrogens (tertiary/aromatic N) is 1. The van der Waals surface area contributed by atoms with Gasteiger partial charge in [0.25, 0.3) is 10.0 Å². The number of aromatic nitrogens is 2. The van der Waals surface area contributed by atoms with Crippen molar-refractivity contribution in [2.75, 3.05) is 6.54 Å². The lowest BCUT2D eigenvalue weighted by Gasteiger charge is -2.07. The average Bonchev–Trinajstić information content (AvgIpc) is 3.38. The fourth-order valence-corrected chi connectivity index (χ4v) is 6.38. The third-order valence-electron chi connectivity index (χ3n) is 4.07. The number of thiazole rings is 1. The van der Waals surface area contributed by atoms with E-state index < -0.39 is 10.0 Å². The first kappa shape index (κ1) is 18.6. The third-order valence-corrected chi connectivity index (χ3v) is 8.58. The molecule has 0 aliphatic heterocycles. The van der Waals surface area contributed by atoms with Crippen molar-refractivity contribution < 1.29 is 8.42 Å². The van der Waals surface area contributed by atoms with Crippen molar-refractivity contribution in [1.82, 2.24) is 14.7 Å². The molecule has 2 N–H and O–H groups in total. The molecule has 27 heavy (non-hydrogen) atoms. The average molecular weight is 438 g/mol. The van der Waals surface area contributed by atoms with Crippen LogP contribution in [0.3, 0.4) is 0 Å². The summed E-state index contributed by atoms with van der Waals surface area (Å²) in [6.45, 7) is 2.12. The molecule has 0 spiro atoms. The zero-order valence-corrected chi connectivity index (χ0v) is 17.5. The molecule has 9 heteroatoms. The maximum absolute atomic E-state index is 12.6. The Labute approximate surface area is 170 Å². The Morgan fingerprint density at radius 2 is 2.11 bits per heavy atom. The maximum Gasteiger partial charge on any atom is 0.250 e. The van der Waals surface area contributed by atoms with E-state index in [-0.39, 0.29) is 0 Å². The molecule has 0 aliphatic rings. The Morgan fingerprint density at radius 1 is 1.26 bits per heavy atom. The van der Waals surface area contributed by atoms with Crippen molar-refractivity contribution in [3.63, 3.8) is 0 Å². The quantitative estimate of drug-likeness (QED) is 0.414. The van der Waals surface area contributed by atoms with E-state index in [1.807, 2.05) is 30.3 Å². The summed E-state index contributed by atoms with van der Waals surface area (Å²) in [6, 6.07) is 9.74. The summed E-state index contributed by atoms with van der Waals surface area (Å²) in [5, 5.41) is 3.66. The summed E-state index contributed by atoms with van der Waals surface area (Å²) >= 11 is 8.64. The normalized spacial score (nSPS) is 12.1. The van der Waals surface area contributed by atoms with E-state index in [1.54, 1.807) is 29.8 Å². The number of rotatable bonds is 6. The number of sulfonamides is 1. The molecule has 0 aliphatic carbocycles. The molecule has 140 valence electrons. The fourth-order valence-electron chi connectivity index (χ4n) is 2.95. The molecule has 0 amide bonds. The number of nitrogens with one attached hydrogen (secondary N) is 2. The monoisotopic (exact) mass is 437 g/mol. The van der Waals surface area contributed by atoms with Crippen LogP contribution < -0.4 is 4.72 Å². The molecule has 0 fully saturated rings. The van der Waals surface area contributed by atoms with Crippen LogP contribution in [-0.4, -0.2) is 24.9 Å². The van der Waals surface area contributed by atoms with Crippen molar-refractivity contribution in [3.8, 4) is 21.8 Å². The molecular weight excluding hydrogens is 422 g/mol. The first-order chi connectivity index (χ1) is 13.0. The van der Waals surface area contributed by atoms with E-state index in [4.69, 9.17) is 11.6 Å². The van der Waals surface area contributed by atoms with Crippen LogP contribution in [0.2, 0.25) is 0 Å². The Morgan fingerprint density at radius 3 is 2.85 bits per heavy atom. The second-order valence-electron chi connectivity index (χ2n) is 5.84. The zero-order valence-electron chi connectivity index (χ0n) is 14.3. The van der Waals surface area contributed by atoms with Crippen molar-refractivity contribution in [2.24, 2.45) is 0 Å². The number of alkyl halides is 1. The van der Waals surface area contributed by atoms with Gasteiger partial charge in [-0.3, -0.25) is 0 Å². The van der Waals surface area contributed by atoms with Gasteiger partial charge in [-0.15, -0.1) is 34.3 Å². The van der Waals surface area contributed by atoms with E-state index >= 15 is 0 Å². The highest BCUT2D eigenvalue weighted by molar-refractivity contribution is 7.91. The van der Waals surface area contributed by atoms with Gasteiger partial charge in [0.05, 0.1) is 17.1 Å². The van der Waals surface area contributed by atoms with E-state index in [1.165, 1.54) is 11.3 Å². The van der Waals surface area contributed by atoms with E-state index in [2.05, 4.69) is 14.7 Å². The molecule has 3 aromatic heterocycles. The second kappa shape index (κ2) is 7.37. The van der Waals surface area contributed by atoms with E-state index in [9.17, 15) is 8.42 Å². The lowest BCUT2D eigenvalue weighted by Crippen LogP contribution is -2.22. The number of halogens is 1. The van der Waals surface area contributed by atoms with Crippen LogP contribution in [0.25, 0.3) is 32.7 Å². The maximum atomic E-state index is 12.6. The first-order valence-electron chi connectivity index (χ1n) is 8.23. The summed E-state index contributed by atoms with van der Waals surface area (Å²) in [5.41, 5.74) is 3.33. The van der Waals surface area contributed by atoms with Crippen molar-refractivity contribution in [1.29, 1.82) is 0 Å². The number of H-pyrrole nitrogens is 1. The largest absolute Gasteiger partial charge is 0.352 e. The highest BCUT2D eigenvalue weighted by atomic mass is 35.5. The van der Waals surface area contributed by atoms with Gasteiger partial charge in [0.2, 0.25) is 0 Å².